The van der Waals surface area contributed by atoms with Crippen LogP contribution in [0.2, 0.25) is 10.0 Å². The molecule has 0 unspecified atom stereocenters. The van der Waals surface area contributed by atoms with Crippen molar-refractivity contribution in [2.45, 2.75) is 39.2 Å². The molecule has 6 heteroatoms. The molecule has 1 saturated heterocycles. The van der Waals surface area contributed by atoms with Gasteiger partial charge < -0.3 is 4.90 Å². The molecule has 128 valence electrons. The zero-order valence-corrected chi connectivity index (χ0v) is 15.3. The van der Waals surface area contributed by atoms with Crippen molar-refractivity contribution in [3.63, 3.8) is 0 Å². The van der Waals surface area contributed by atoms with Crippen LogP contribution in [0.1, 0.15) is 38.7 Å². The van der Waals surface area contributed by atoms with Crippen molar-refractivity contribution in [3.05, 3.63) is 39.5 Å². The molecule has 1 fully saturated rings. The van der Waals surface area contributed by atoms with Crippen molar-refractivity contribution < 1.29 is 9.59 Å². The molecule has 2 aliphatic rings. The van der Waals surface area contributed by atoms with Gasteiger partial charge in [0.25, 0.3) is 11.8 Å². The number of hydrogen-bond acceptors (Lipinski definition) is 3. The normalized spacial score (nSPS) is 19.0. The van der Waals surface area contributed by atoms with Crippen LogP contribution >= 0.6 is 23.2 Å². The van der Waals surface area contributed by atoms with E-state index >= 15 is 0 Å². The molecule has 0 atom stereocenters. The largest absolute Gasteiger partial charge is 0.366 e. The lowest BCUT2D eigenvalue weighted by Crippen LogP contribution is -2.40. The molecular weight excluding hydrogens is 347 g/mol. The molecule has 0 aromatic heterocycles. The van der Waals surface area contributed by atoms with Gasteiger partial charge in [-0.2, -0.15) is 0 Å². The first kappa shape index (κ1) is 17.3. The van der Waals surface area contributed by atoms with Gasteiger partial charge in [-0.05, 0) is 45.2 Å². The van der Waals surface area contributed by atoms with E-state index in [2.05, 4.69) is 0 Å². The van der Waals surface area contributed by atoms with Gasteiger partial charge in [0.15, 0.2) is 0 Å². The zero-order valence-electron chi connectivity index (χ0n) is 13.8. The van der Waals surface area contributed by atoms with Crippen LogP contribution in [0.4, 0.5) is 0 Å². The Bertz CT molecular complexity index is 722. The Balaban J connectivity index is 2.15. The highest BCUT2D eigenvalue weighted by atomic mass is 35.5. The van der Waals surface area contributed by atoms with Crippen molar-refractivity contribution >= 4 is 40.6 Å². The summed E-state index contributed by atoms with van der Waals surface area (Å²) in [5.41, 5.74) is 1.46. The lowest BCUT2D eigenvalue weighted by atomic mass is 10.0. The number of hydrogen-bond donors (Lipinski definition) is 0. The summed E-state index contributed by atoms with van der Waals surface area (Å²) in [5.74, 6) is -0.502. The number of benzene rings is 1. The van der Waals surface area contributed by atoms with E-state index in [0.29, 0.717) is 26.9 Å². The first-order chi connectivity index (χ1) is 11.4. The molecule has 24 heavy (non-hydrogen) atoms. The fourth-order valence-corrected chi connectivity index (χ4v) is 3.85. The quantitative estimate of drug-likeness (QED) is 0.759. The number of carbonyl (C=O) groups is 2. The number of carbonyl (C=O) groups excluding carboxylic acids is 2. The van der Waals surface area contributed by atoms with Crippen molar-refractivity contribution in [2.75, 3.05) is 13.1 Å². The summed E-state index contributed by atoms with van der Waals surface area (Å²) in [4.78, 5) is 29.3. The maximum absolute atomic E-state index is 13.0. The predicted molar refractivity (Wildman–Crippen MR) is 95.8 cm³/mol. The summed E-state index contributed by atoms with van der Waals surface area (Å²) in [6, 6.07) is 4.82. The van der Waals surface area contributed by atoms with Gasteiger partial charge >= 0.3 is 0 Å². The number of halogens is 2. The Kier molecular flexibility index (Phi) is 4.88. The van der Waals surface area contributed by atoms with Crippen LogP contribution < -0.4 is 0 Å². The lowest BCUT2D eigenvalue weighted by Gasteiger charge is -2.30. The van der Waals surface area contributed by atoms with Gasteiger partial charge in [-0.25, -0.2) is 0 Å². The van der Waals surface area contributed by atoms with Gasteiger partial charge in [-0.1, -0.05) is 29.3 Å². The van der Waals surface area contributed by atoms with E-state index < -0.39 is 0 Å². The van der Waals surface area contributed by atoms with E-state index in [4.69, 9.17) is 23.2 Å². The number of nitrogens with zero attached hydrogens (tertiary/aromatic N) is 2. The minimum Gasteiger partial charge on any atom is -0.366 e. The van der Waals surface area contributed by atoms with Gasteiger partial charge in [-0.3, -0.25) is 14.5 Å². The maximum Gasteiger partial charge on any atom is 0.278 e. The van der Waals surface area contributed by atoms with Crippen LogP contribution in [0.5, 0.6) is 0 Å². The summed E-state index contributed by atoms with van der Waals surface area (Å²) in [6.07, 6.45) is 3.19. The molecule has 2 amide bonds. The summed E-state index contributed by atoms with van der Waals surface area (Å²) in [5, 5.41) is 0.889. The first-order valence-corrected chi connectivity index (χ1v) is 9.00. The lowest BCUT2D eigenvalue weighted by molar-refractivity contribution is -0.139. The number of imide groups is 1. The Labute approximate surface area is 152 Å². The van der Waals surface area contributed by atoms with E-state index in [1.807, 2.05) is 18.7 Å². The third-order valence-corrected chi connectivity index (χ3v) is 5.03. The fourth-order valence-electron chi connectivity index (χ4n) is 3.35. The summed E-state index contributed by atoms with van der Waals surface area (Å²) >= 11 is 12.3. The van der Waals surface area contributed by atoms with Gasteiger partial charge in [0.1, 0.15) is 5.70 Å². The SMILES string of the molecule is CC(C)N1C(=O)C(c2ccc(Cl)cc2Cl)=C(N2CCCCC2)C1=O. The topological polar surface area (TPSA) is 40.6 Å². The average Bonchev–Trinajstić information content (AvgIpc) is 2.79. The average molecular weight is 367 g/mol. The summed E-state index contributed by atoms with van der Waals surface area (Å²) < 4.78 is 0. The third-order valence-electron chi connectivity index (χ3n) is 4.48. The van der Waals surface area contributed by atoms with Crippen LogP contribution in [0, 0.1) is 0 Å². The van der Waals surface area contributed by atoms with Crippen LogP contribution in [-0.4, -0.2) is 40.7 Å². The minimum absolute atomic E-state index is 0.201. The third kappa shape index (κ3) is 2.93. The number of amides is 2. The highest BCUT2D eigenvalue weighted by Gasteiger charge is 2.43. The molecule has 0 spiro atoms. The standard InChI is InChI=1S/C18H20Cl2N2O2/c1-11(2)22-17(23)15(13-7-6-12(19)10-14(13)20)16(18(22)24)21-8-4-3-5-9-21/h6-7,10-11H,3-5,8-9H2,1-2H3. The van der Waals surface area contributed by atoms with Crippen molar-refractivity contribution in [3.8, 4) is 0 Å². The van der Waals surface area contributed by atoms with E-state index in [1.165, 1.54) is 4.90 Å². The molecule has 0 saturated carbocycles. The van der Waals surface area contributed by atoms with E-state index in [1.54, 1.807) is 18.2 Å². The molecule has 0 aliphatic carbocycles. The molecule has 4 nitrogen and oxygen atoms in total. The van der Waals surface area contributed by atoms with Crippen LogP contribution in [0.3, 0.4) is 0 Å². The summed E-state index contributed by atoms with van der Waals surface area (Å²) in [6.45, 7) is 5.26. The molecular formula is C18H20Cl2N2O2. The first-order valence-electron chi connectivity index (χ1n) is 8.24. The number of rotatable bonds is 3. The summed E-state index contributed by atoms with van der Waals surface area (Å²) in [7, 11) is 0. The van der Waals surface area contributed by atoms with Crippen LogP contribution in [0.15, 0.2) is 23.9 Å². The van der Waals surface area contributed by atoms with E-state index in [9.17, 15) is 9.59 Å². The Morgan fingerprint density at radius 3 is 2.25 bits per heavy atom. The smallest absolute Gasteiger partial charge is 0.278 e. The highest BCUT2D eigenvalue weighted by Crippen LogP contribution is 2.37. The number of likely N-dealkylation sites (tertiary alicyclic amines) is 1. The van der Waals surface area contributed by atoms with Gasteiger partial charge in [-0.15, -0.1) is 0 Å². The van der Waals surface area contributed by atoms with Crippen molar-refractivity contribution in [2.24, 2.45) is 0 Å². The van der Waals surface area contributed by atoms with Crippen molar-refractivity contribution in [1.82, 2.24) is 9.80 Å². The molecule has 0 N–H and O–H groups in total. The second-order valence-corrected chi connectivity index (χ2v) is 7.31. The van der Waals surface area contributed by atoms with E-state index in [0.717, 1.165) is 32.4 Å². The molecule has 1 aromatic carbocycles. The van der Waals surface area contributed by atoms with Gasteiger partial charge in [0.2, 0.25) is 0 Å². The molecule has 0 radical (unpaired) electrons. The molecule has 1 aromatic rings. The molecule has 2 aliphatic heterocycles. The fraction of sp³-hybridized carbons (Fsp3) is 0.444. The Hall–Kier alpha value is -1.52. The highest BCUT2D eigenvalue weighted by molar-refractivity contribution is 6.41. The van der Waals surface area contributed by atoms with E-state index in [-0.39, 0.29) is 17.9 Å². The Morgan fingerprint density at radius 2 is 1.67 bits per heavy atom. The number of piperidine rings is 1. The van der Waals surface area contributed by atoms with Crippen LogP contribution in [-0.2, 0) is 9.59 Å². The second kappa shape index (κ2) is 6.77. The molecule has 0 bridgehead atoms. The maximum atomic E-state index is 13.0. The predicted octanol–water partition coefficient (Wildman–Crippen LogP) is 3.97. The monoisotopic (exact) mass is 366 g/mol. The molecule has 2 heterocycles. The second-order valence-electron chi connectivity index (χ2n) is 6.47. The Morgan fingerprint density at radius 1 is 1.00 bits per heavy atom. The minimum atomic E-state index is -0.278. The molecule has 3 rings (SSSR count). The zero-order chi connectivity index (χ0) is 17.4. The van der Waals surface area contributed by atoms with Crippen molar-refractivity contribution in [1.29, 1.82) is 0 Å². The van der Waals surface area contributed by atoms with Crippen LogP contribution in [0.25, 0.3) is 5.57 Å². The van der Waals surface area contributed by atoms with Gasteiger partial charge in [0.05, 0.1) is 10.6 Å². The van der Waals surface area contributed by atoms with Gasteiger partial charge in [0, 0.05) is 29.7 Å².